The van der Waals surface area contributed by atoms with Gasteiger partial charge >= 0.3 is 6.09 Å². The fourth-order valence-corrected chi connectivity index (χ4v) is 2.34. The molecule has 6 nitrogen and oxygen atoms in total. The Balaban J connectivity index is 1.80. The average Bonchev–Trinajstić information content (AvgIpc) is 2.33. The molecule has 0 atom stereocenters. The zero-order valence-corrected chi connectivity index (χ0v) is 13.5. The van der Waals surface area contributed by atoms with Crippen molar-refractivity contribution in [2.75, 3.05) is 24.5 Å². The van der Waals surface area contributed by atoms with Gasteiger partial charge in [-0.3, -0.25) is 0 Å². The van der Waals surface area contributed by atoms with Crippen molar-refractivity contribution < 1.29 is 9.53 Å². The zero-order valence-electron chi connectivity index (χ0n) is 13.5. The number of carbonyl (C=O) groups is 1. The van der Waals surface area contributed by atoms with Crippen LogP contribution in [0.1, 0.15) is 32.2 Å². The lowest BCUT2D eigenvalue weighted by atomic mass is 9.99. The minimum Gasteiger partial charge on any atom is -0.444 e. The average molecular weight is 302 g/mol. The minimum absolute atomic E-state index is 0.377. The molecule has 0 aromatic carbocycles. The van der Waals surface area contributed by atoms with Gasteiger partial charge in [-0.05, 0) is 39.8 Å². The predicted octanol–water partition coefficient (Wildman–Crippen LogP) is 2.22. The first kappa shape index (κ1) is 16.1. The van der Waals surface area contributed by atoms with E-state index in [0.29, 0.717) is 18.2 Å². The molecule has 0 bridgehead atoms. The van der Waals surface area contributed by atoms with E-state index in [4.69, 9.17) is 10.00 Å². The van der Waals surface area contributed by atoms with Crippen molar-refractivity contribution >= 4 is 11.8 Å². The molecule has 1 aromatic heterocycles. The number of nitrogens with zero attached hydrogens (tertiary/aromatic N) is 3. The molecular formula is C16H22N4O2. The van der Waals surface area contributed by atoms with Gasteiger partial charge < -0.3 is 15.0 Å². The molecule has 22 heavy (non-hydrogen) atoms. The van der Waals surface area contributed by atoms with E-state index in [1.54, 1.807) is 6.07 Å². The van der Waals surface area contributed by atoms with Crippen molar-refractivity contribution in [2.24, 2.45) is 5.92 Å². The van der Waals surface area contributed by atoms with Gasteiger partial charge in [0.2, 0.25) is 0 Å². The minimum atomic E-state index is -0.474. The number of rotatable bonds is 3. The van der Waals surface area contributed by atoms with Gasteiger partial charge in [-0.2, -0.15) is 5.26 Å². The SMILES string of the molecule is Cc1cc(N2CC(CNC(=O)OC(C)(C)C)C2)cc(C#N)n1. The van der Waals surface area contributed by atoms with Crippen LogP contribution in [0.3, 0.4) is 0 Å². The molecule has 6 heteroatoms. The maximum atomic E-state index is 11.6. The number of hydrogen-bond acceptors (Lipinski definition) is 5. The second-order valence-corrected chi connectivity index (χ2v) is 6.62. The summed E-state index contributed by atoms with van der Waals surface area (Å²) < 4.78 is 5.21. The van der Waals surface area contributed by atoms with Crippen LogP contribution in [-0.4, -0.2) is 36.3 Å². The highest BCUT2D eigenvalue weighted by molar-refractivity contribution is 5.67. The number of alkyl carbamates (subject to hydrolysis) is 1. The first-order valence-corrected chi connectivity index (χ1v) is 7.37. The molecule has 0 radical (unpaired) electrons. The number of aryl methyl sites for hydroxylation is 1. The van der Waals surface area contributed by atoms with Crippen LogP contribution in [0.2, 0.25) is 0 Å². The van der Waals surface area contributed by atoms with Gasteiger partial charge in [0.1, 0.15) is 17.4 Å². The Hall–Kier alpha value is -2.29. The first-order chi connectivity index (χ1) is 10.3. The standard InChI is InChI=1S/C16H22N4O2/c1-11-5-14(6-13(7-17)19-11)20-9-12(10-20)8-18-15(21)22-16(2,3)4/h5-6,12H,8-10H2,1-4H3,(H,18,21). The maximum absolute atomic E-state index is 11.6. The summed E-state index contributed by atoms with van der Waals surface area (Å²) in [6, 6.07) is 5.84. The molecule has 1 aliphatic rings. The van der Waals surface area contributed by atoms with Crippen LogP contribution < -0.4 is 10.2 Å². The number of aromatic nitrogens is 1. The zero-order chi connectivity index (χ0) is 16.3. The number of hydrogen-bond donors (Lipinski definition) is 1. The van der Waals surface area contributed by atoms with Gasteiger partial charge in [-0.15, -0.1) is 0 Å². The Morgan fingerprint density at radius 2 is 2.18 bits per heavy atom. The number of carbonyl (C=O) groups excluding carboxylic acids is 1. The highest BCUT2D eigenvalue weighted by atomic mass is 16.6. The fraction of sp³-hybridized carbons (Fsp3) is 0.562. The fourth-order valence-electron chi connectivity index (χ4n) is 2.34. The molecule has 2 rings (SSSR count). The summed E-state index contributed by atoms with van der Waals surface area (Å²) >= 11 is 0. The third-order valence-electron chi connectivity index (χ3n) is 3.31. The molecule has 2 heterocycles. The molecule has 1 aromatic rings. The van der Waals surface area contributed by atoms with E-state index in [-0.39, 0.29) is 6.09 Å². The van der Waals surface area contributed by atoms with Crippen LogP contribution in [0.15, 0.2) is 12.1 Å². The van der Waals surface area contributed by atoms with Crippen LogP contribution in [-0.2, 0) is 4.74 Å². The van der Waals surface area contributed by atoms with Crippen LogP contribution in [0.4, 0.5) is 10.5 Å². The van der Waals surface area contributed by atoms with Crippen molar-refractivity contribution in [1.82, 2.24) is 10.3 Å². The van der Waals surface area contributed by atoms with Crippen molar-refractivity contribution in [2.45, 2.75) is 33.3 Å². The topological polar surface area (TPSA) is 78.3 Å². The van der Waals surface area contributed by atoms with Gasteiger partial charge in [0, 0.05) is 36.9 Å². The number of anilines is 1. The summed E-state index contributed by atoms with van der Waals surface area (Å²) in [5.74, 6) is 0.395. The molecule has 118 valence electrons. The lowest BCUT2D eigenvalue weighted by Crippen LogP contribution is -2.52. The lowest BCUT2D eigenvalue weighted by Gasteiger charge is -2.41. The van der Waals surface area contributed by atoms with E-state index in [1.807, 2.05) is 33.8 Å². The first-order valence-electron chi connectivity index (χ1n) is 7.37. The Labute approximate surface area is 131 Å². The second-order valence-electron chi connectivity index (χ2n) is 6.62. The van der Waals surface area contributed by atoms with E-state index in [2.05, 4.69) is 21.3 Å². The Bertz CT molecular complexity index is 595. The van der Waals surface area contributed by atoms with Crippen LogP contribution in [0.25, 0.3) is 0 Å². The summed E-state index contributed by atoms with van der Waals surface area (Å²) in [6.07, 6.45) is -0.377. The van der Waals surface area contributed by atoms with Gasteiger partial charge in [-0.25, -0.2) is 9.78 Å². The van der Waals surface area contributed by atoms with Crippen LogP contribution in [0.5, 0.6) is 0 Å². The maximum Gasteiger partial charge on any atom is 0.407 e. The monoisotopic (exact) mass is 302 g/mol. The van der Waals surface area contributed by atoms with Gasteiger partial charge in [-0.1, -0.05) is 0 Å². The van der Waals surface area contributed by atoms with Gasteiger partial charge in [0.25, 0.3) is 0 Å². The van der Waals surface area contributed by atoms with E-state index < -0.39 is 5.60 Å². The predicted molar refractivity (Wildman–Crippen MR) is 83.6 cm³/mol. The summed E-state index contributed by atoms with van der Waals surface area (Å²) in [6.45, 7) is 9.71. The summed E-state index contributed by atoms with van der Waals surface area (Å²) in [5.41, 5.74) is 1.81. The Morgan fingerprint density at radius 3 is 2.77 bits per heavy atom. The smallest absolute Gasteiger partial charge is 0.407 e. The number of nitrogens with one attached hydrogen (secondary N) is 1. The molecule has 0 saturated carbocycles. The molecule has 1 aliphatic heterocycles. The van der Waals surface area contributed by atoms with E-state index in [0.717, 1.165) is 24.5 Å². The van der Waals surface area contributed by atoms with Gasteiger partial charge in [0.15, 0.2) is 0 Å². The van der Waals surface area contributed by atoms with E-state index in [1.165, 1.54) is 0 Å². The summed E-state index contributed by atoms with van der Waals surface area (Å²) in [4.78, 5) is 17.9. The molecule has 0 spiro atoms. The molecule has 1 N–H and O–H groups in total. The molecule has 1 saturated heterocycles. The van der Waals surface area contributed by atoms with Crippen molar-refractivity contribution in [3.05, 3.63) is 23.5 Å². The third kappa shape index (κ3) is 4.35. The molecule has 0 unspecified atom stereocenters. The highest BCUT2D eigenvalue weighted by Gasteiger charge is 2.28. The molecule has 1 fully saturated rings. The number of amides is 1. The van der Waals surface area contributed by atoms with Crippen molar-refractivity contribution in [3.63, 3.8) is 0 Å². The third-order valence-corrected chi connectivity index (χ3v) is 3.31. The largest absolute Gasteiger partial charge is 0.444 e. The quantitative estimate of drug-likeness (QED) is 0.926. The van der Waals surface area contributed by atoms with E-state index in [9.17, 15) is 4.79 Å². The van der Waals surface area contributed by atoms with Crippen LogP contribution in [0, 0.1) is 24.2 Å². The Kier molecular flexibility index (Phi) is 4.55. The molecule has 0 aliphatic carbocycles. The number of nitriles is 1. The normalized spacial score (nSPS) is 15.0. The summed E-state index contributed by atoms with van der Waals surface area (Å²) in [7, 11) is 0. The van der Waals surface area contributed by atoms with Crippen LogP contribution >= 0.6 is 0 Å². The van der Waals surface area contributed by atoms with Crippen molar-refractivity contribution in [3.8, 4) is 6.07 Å². The molecule has 1 amide bonds. The van der Waals surface area contributed by atoms with Crippen molar-refractivity contribution in [1.29, 1.82) is 5.26 Å². The highest BCUT2D eigenvalue weighted by Crippen LogP contribution is 2.25. The lowest BCUT2D eigenvalue weighted by molar-refractivity contribution is 0.0516. The van der Waals surface area contributed by atoms with E-state index >= 15 is 0 Å². The summed E-state index contributed by atoms with van der Waals surface area (Å²) in [5, 5.41) is 11.8. The second kappa shape index (κ2) is 6.22. The Morgan fingerprint density at radius 1 is 1.50 bits per heavy atom. The van der Waals surface area contributed by atoms with Gasteiger partial charge in [0.05, 0.1) is 0 Å². The molecular weight excluding hydrogens is 280 g/mol. The number of pyridine rings is 1. The number of ether oxygens (including phenoxy) is 1.